The molecule has 0 bridgehead atoms. The summed E-state index contributed by atoms with van der Waals surface area (Å²) in [7, 11) is 0. The van der Waals surface area contributed by atoms with E-state index in [1.807, 2.05) is 6.08 Å². The van der Waals surface area contributed by atoms with Crippen molar-refractivity contribution in [2.45, 2.75) is 353 Å². The molecule has 2 atom stereocenters. The molecule has 2 unspecified atom stereocenters. The van der Waals surface area contributed by atoms with Crippen molar-refractivity contribution in [2.75, 3.05) is 13.2 Å². The lowest BCUT2D eigenvalue weighted by Gasteiger charge is -2.20. The highest BCUT2D eigenvalue weighted by Gasteiger charge is 2.18. The van der Waals surface area contributed by atoms with Crippen molar-refractivity contribution in [2.24, 2.45) is 0 Å². The van der Waals surface area contributed by atoms with Crippen LogP contribution < -0.4 is 5.32 Å². The van der Waals surface area contributed by atoms with Crippen LogP contribution in [-0.2, 0) is 14.3 Å². The Hall–Kier alpha value is -2.44. The third-order valence-electron chi connectivity index (χ3n) is 15.0. The second-order valence-corrected chi connectivity index (χ2v) is 22.4. The Labute approximate surface area is 467 Å². The molecule has 0 radical (unpaired) electrons. The van der Waals surface area contributed by atoms with Crippen LogP contribution in [0.1, 0.15) is 341 Å². The van der Waals surface area contributed by atoms with Gasteiger partial charge < -0.3 is 20.3 Å². The number of hydrogen-bond acceptors (Lipinski definition) is 5. The van der Waals surface area contributed by atoms with Crippen LogP contribution in [0.2, 0.25) is 0 Å². The second-order valence-electron chi connectivity index (χ2n) is 22.4. The van der Waals surface area contributed by atoms with Crippen LogP contribution in [0.5, 0.6) is 0 Å². The van der Waals surface area contributed by atoms with Gasteiger partial charge in [-0.1, -0.05) is 293 Å². The number of rotatable bonds is 61. The normalized spacial score (nSPS) is 13.0. The minimum atomic E-state index is -0.848. The third-order valence-corrected chi connectivity index (χ3v) is 15.0. The molecule has 0 aromatic heterocycles. The van der Waals surface area contributed by atoms with Crippen molar-refractivity contribution >= 4 is 11.9 Å². The Kier molecular flexibility index (Phi) is 62.0. The molecule has 0 saturated carbocycles. The highest BCUT2D eigenvalue weighted by Crippen LogP contribution is 2.17. The molecule has 0 saturated heterocycles. The molecule has 0 rings (SSSR count). The monoisotopic (exact) mass is 1050 g/mol. The van der Waals surface area contributed by atoms with Crippen molar-refractivity contribution in [3.63, 3.8) is 0 Å². The minimum absolute atomic E-state index is 0.00363. The van der Waals surface area contributed by atoms with Gasteiger partial charge in [-0.05, 0) is 96.3 Å². The highest BCUT2D eigenvalue weighted by atomic mass is 16.5. The van der Waals surface area contributed by atoms with Crippen LogP contribution in [0.3, 0.4) is 0 Å². The van der Waals surface area contributed by atoms with E-state index in [1.54, 1.807) is 6.08 Å². The predicted molar refractivity (Wildman–Crippen MR) is 328 cm³/mol. The first kappa shape index (κ1) is 72.6. The zero-order valence-electron chi connectivity index (χ0n) is 50.0. The van der Waals surface area contributed by atoms with Gasteiger partial charge in [0, 0.05) is 12.8 Å². The van der Waals surface area contributed by atoms with Gasteiger partial charge in [-0.15, -0.1) is 0 Å². The maximum absolute atomic E-state index is 12.5. The summed E-state index contributed by atoms with van der Waals surface area (Å²) < 4.78 is 5.48. The summed E-state index contributed by atoms with van der Waals surface area (Å²) in [5.41, 5.74) is 0. The number of carbonyl (C=O) groups excluding carboxylic acids is 2. The molecule has 0 heterocycles. The Bertz CT molecular complexity index is 1300. The summed E-state index contributed by atoms with van der Waals surface area (Å²) >= 11 is 0. The summed E-state index contributed by atoms with van der Waals surface area (Å²) in [5.74, 6) is -0.0743. The molecule has 75 heavy (non-hydrogen) atoms. The van der Waals surface area contributed by atoms with Gasteiger partial charge in [0.05, 0.1) is 25.4 Å². The summed E-state index contributed by atoms with van der Waals surface area (Å²) in [6.07, 6.45) is 84.2. The van der Waals surface area contributed by atoms with E-state index in [1.165, 1.54) is 257 Å². The first-order valence-electron chi connectivity index (χ1n) is 33.1. The standard InChI is InChI=1S/C69H127NO5/c1-3-5-7-9-11-13-15-17-19-35-39-43-47-51-55-59-63-69(74)75-64-60-56-52-48-44-40-36-32-30-28-26-24-22-20-21-23-25-27-29-31-34-38-42-46-50-54-58-62-68(73)70-66(65-71)67(72)61-57-53-49-45-41-37-33-18-16-14-12-10-8-6-4-2/h13,15,19-21,24,26,35,57,61,66-67,71-72H,3-12,14,16-18,22-23,25,27-34,36-56,58-60,62-65H2,1-2H3,(H,70,73)/b15-13-,21-20-,26-24-,35-19-,61-57+. The maximum atomic E-state index is 12.5. The predicted octanol–water partition coefficient (Wildman–Crippen LogP) is 21.1. The number of ether oxygens (including phenoxy) is 1. The smallest absolute Gasteiger partial charge is 0.305 e. The molecule has 0 spiro atoms. The van der Waals surface area contributed by atoms with E-state index in [0.717, 1.165) is 57.8 Å². The molecular weight excluding hydrogens is 923 g/mol. The van der Waals surface area contributed by atoms with E-state index in [0.29, 0.717) is 19.4 Å². The van der Waals surface area contributed by atoms with Crippen LogP contribution in [0.15, 0.2) is 60.8 Å². The lowest BCUT2D eigenvalue weighted by atomic mass is 10.0. The van der Waals surface area contributed by atoms with Gasteiger partial charge in [0.2, 0.25) is 5.91 Å². The molecule has 0 aliphatic carbocycles. The zero-order chi connectivity index (χ0) is 54.3. The van der Waals surface area contributed by atoms with Crippen LogP contribution in [0.25, 0.3) is 0 Å². The topological polar surface area (TPSA) is 95.9 Å². The van der Waals surface area contributed by atoms with Crippen molar-refractivity contribution in [3.8, 4) is 0 Å². The molecule has 0 fully saturated rings. The third kappa shape index (κ3) is 60.6. The summed E-state index contributed by atoms with van der Waals surface area (Å²) in [6.45, 7) is 4.88. The fraction of sp³-hybridized carbons (Fsp3) is 0.826. The van der Waals surface area contributed by atoms with Gasteiger partial charge in [-0.25, -0.2) is 0 Å². The molecule has 0 aromatic rings. The van der Waals surface area contributed by atoms with Crippen molar-refractivity contribution in [3.05, 3.63) is 60.8 Å². The first-order chi connectivity index (χ1) is 37.0. The SMILES string of the molecule is CCCCCC/C=C\C/C=C\CCCCCCCC(=O)OCCCCCCCCCCC/C=C\C/C=C\CCCCCCCCCCCCCC(=O)NC(CO)C(O)/C=C/CCCCCCCCCCCCCCC. The molecule has 438 valence electrons. The molecule has 6 heteroatoms. The summed E-state index contributed by atoms with van der Waals surface area (Å²) in [5, 5.41) is 23.1. The van der Waals surface area contributed by atoms with Gasteiger partial charge in [0.25, 0.3) is 0 Å². The fourth-order valence-corrected chi connectivity index (χ4v) is 9.93. The molecule has 0 aromatic carbocycles. The van der Waals surface area contributed by atoms with Crippen molar-refractivity contribution in [1.82, 2.24) is 5.32 Å². The first-order valence-corrected chi connectivity index (χ1v) is 33.1. The second kappa shape index (κ2) is 64.1. The van der Waals surface area contributed by atoms with Crippen molar-refractivity contribution < 1.29 is 24.5 Å². The number of aliphatic hydroxyl groups excluding tert-OH is 2. The summed E-state index contributed by atoms with van der Waals surface area (Å²) in [6, 6.07) is -0.631. The molecule has 0 aliphatic rings. The number of unbranched alkanes of at least 4 members (excludes halogenated alkanes) is 42. The van der Waals surface area contributed by atoms with E-state index < -0.39 is 12.1 Å². The number of aliphatic hydroxyl groups is 2. The van der Waals surface area contributed by atoms with Gasteiger partial charge in [0.15, 0.2) is 0 Å². The maximum Gasteiger partial charge on any atom is 0.305 e. The van der Waals surface area contributed by atoms with Gasteiger partial charge in [-0.2, -0.15) is 0 Å². The van der Waals surface area contributed by atoms with Crippen LogP contribution in [0.4, 0.5) is 0 Å². The summed E-state index contributed by atoms with van der Waals surface area (Å²) in [4.78, 5) is 24.5. The lowest BCUT2D eigenvalue weighted by molar-refractivity contribution is -0.143. The van der Waals surface area contributed by atoms with E-state index >= 15 is 0 Å². The van der Waals surface area contributed by atoms with E-state index in [2.05, 4.69) is 67.8 Å². The number of carbonyl (C=O) groups is 2. The number of amides is 1. The number of nitrogens with one attached hydrogen (secondary N) is 1. The molecule has 1 amide bonds. The Morgan fingerprint density at radius 3 is 1.03 bits per heavy atom. The molecular formula is C69H127NO5. The quantitative estimate of drug-likeness (QED) is 0.0320. The molecule has 3 N–H and O–H groups in total. The Morgan fingerprint density at radius 2 is 0.667 bits per heavy atom. The zero-order valence-corrected chi connectivity index (χ0v) is 50.0. The highest BCUT2D eigenvalue weighted by molar-refractivity contribution is 5.76. The van der Waals surface area contributed by atoms with Crippen molar-refractivity contribution in [1.29, 1.82) is 0 Å². The number of esters is 1. The average molecular weight is 1050 g/mol. The van der Waals surface area contributed by atoms with Gasteiger partial charge >= 0.3 is 5.97 Å². The lowest BCUT2D eigenvalue weighted by Crippen LogP contribution is -2.45. The van der Waals surface area contributed by atoms with E-state index in [-0.39, 0.29) is 18.5 Å². The van der Waals surface area contributed by atoms with Gasteiger partial charge in [0.1, 0.15) is 0 Å². The van der Waals surface area contributed by atoms with E-state index in [9.17, 15) is 19.8 Å². The molecule has 6 nitrogen and oxygen atoms in total. The largest absolute Gasteiger partial charge is 0.466 e. The molecule has 0 aliphatic heterocycles. The average Bonchev–Trinajstić information content (AvgIpc) is 3.41. The number of allylic oxidation sites excluding steroid dienone is 9. The van der Waals surface area contributed by atoms with Crippen LogP contribution in [-0.4, -0.2) is 47.4 Å². The van der Waals surface area contributed by atoms with Crippen LogP contribution in [0, 0.1) is 0 Å². The minimum Gasteiger partial charge on any atom is -0.466 e. The van der Waals surface area contributed by atoms with E-state index in [4.69, 9.17) is 4.74 Å². The van der Waals surface area contributed by atoms with Crippen LogP contribution >= 0.6 is 0 Å². The Balaban J connectivity index is 3.45. The Morgan fingerprint density at radius 1 is 0.373 bits per heavy atom. The fourth-order valence-electron chi connectivity index (χ4n) is 9.93. The van der Waals surface area contributed by atoms with Gasteiger partial charge in [-0.3, -0.25) is 9.59 Å². The number of hydrogen-bond donors (Lipinski definition) is 3.